The number of ether oxygens (including phenoxy) is 1. The number of aryl methyl sites for hydroxylation is 1. The average Bonchev–Trinajstić information content (AvgIpc) is 2.48. The van der Waals surface area contributed by atoms with Gasteiger partial charge in [-0.3, -0.25) is 14.6 Å². The van der Waals surface area contributed by atoms with Gasteiger partial charge in [0.25, 0.3) is 5.91 Å². The zero-order chi connectivity index (χ0) is 17.4. The van der Waals surface area contributed by atoms with Crippen LogP contribution < -0.4 is 4.90 Å². The summed E-state index contributed by atoms with van der Waals surface area (Å²) in [5.41, 5.74) is -0.409. The zero-order valence-corrected chi connectivity index (χ0v) is 13.5. The fourth-order valence-corrected chi connectivity index (χ4v) is 2.60. The van der Waals surface area contributed by atoms with E-state index in [2.05, 4.69) is 9.72 Å². The molecule has 0 aromatic carbocycles. The van der Waals surface area contributed by atoms with Gasteiger partial charge in [0.1, 0.15) is 11.4 Å². The summed E-state index contributed by atoms with van der Waals surface area (Å²) >= 11 is 0. The van der Waals surface area contributed by atoms with E-state index in [-0.39, 0.29) is 19.0 Å². The first-order valence-corrected chi connectivity index (χ1v) is 7.08. The van der Waals surface area contributed by atoms with Gasteiger partial charge in [-0.15, -0.1) is 0 Å². The van der Waals surface area contributed by atoms with Crippen molar-refractivity contribution in [2.45, 2.75) is 26.3 Å². The van der Waals surface area contributed by atoms with E-state index in [1.807, 2.05) is 0 Å². The lowest BCUT2D eigenvalue weighted by atomic mass is 9.98. The fraction of sp³-hybridized carbons (Fsp3) is 0.467. The largest absolute Gasteiger partial charge is 0.465 e. The summed E-state index contributed by atoms with van der Waals surface area (Å²) in [6.07, 6.45) is -1.13. The van der Waals surface area contributed by atoms with E-state index < -0.39 is 17.6 Å². The molecular formula is C15H19N3O5. The van der Waals surface area contributed by atoms with Crippen LogP contribution in [0.15, 0.2) is 12.1 Å². The Balaban J connectivity index is 2.33. The lowest BCUT2D eigenvalue weighted by Gasteiger charge is -2.43. The van der Waals surface area contributed by atoms with Crippen molar-refractivity contribution >= 4 is 23.8 Å². The molecule has 0 radical (unpaired) electrons. The minimum atomic E-state index is -1.18. The number of carboxylic acid groups (broad SMARTS) is 1. The van der Waals surface area contributed by atoms with Gasteiger partial charge in [0, 0.05) is 13.1 Å². The average molecular weight is 321 g/mol. The molecule has 0 bridgehead atoms. The van der Waals surface area contributed by atoms with Crippen LogP contribution in [0, 0.1) is 6.92 Å². The molecule has 2 rings (SSSR count). The van der Waals surface area contributed by atoms with Crippen molar-refractivity contribution in [3.05, 3.63) is 23.4 Å². The maximum Gasteiger partial charge on any atom is 0.408 e. The molecule has 1 aromatic rings. The lowest BCUT2D eigenvalue weighted by molar-refractivity contribution is -0.130. The maximum absolute atomic E-state index is 12.6. The predicted molar refractivity (Wildman–Crippen MR) is 81.5 cm³/mol. The first-order valence-electron chi connectivity index (χ1n) is 7.08. The van der Waals surface area contributed by atoms with Crippen molar-refractivity contribution in [3.8, 4) is 0 Å². The number of hydrogen-bond acceptors (Lipinski definition) is 5. The van der Waals surface area contributed by atoms with Gasteiger partial charge in [0.2, 0.25) is 0 Å². The number of anilines is 1. The topological polar surface area (TPSA) is 100 Å². The molecular weight excluding hydrogens is 302 g/mol. The Morgan fingerprint density at radius 2 is 1.96 bits per heavy atom. The predicted octanol–water partition coefficient (Wildman–Crippen LogP) is 1.28. The normalized spacial score (nSPS) is 17.1. The Bertz CT molecular complexity index is 671. The number of carbonyl (C=O) groups excluding carboxylic acids is 2. The maximum atomic E-state index is 12.6. The molecule has 1 aromatic heterocycles. The van der Waals surface area contributed by atoms with E-state index in [1.165, 1.54) is 12.0 Å². The lowest BCUT2D eigenvalue weighted by Crippen LogP contribution is -2.64. The van der Waals surface area contributed by atoms with E-state index in [9.17, 15) is 19.5 Å². The number of aromatic nitrogens is 1. The summed E-state index contributed by atoms with van der Waals surface area (Å²) in [7, 11) is 1.28. The molecule has 2 amide bonds. The molecule has 0 spiro atoms. The monoisotopic (exact) mass is 321 g/mol. The number of rotatable bonds is 2. The fourth-order valence-electron chi connectivity index (χ4n) is 2.60. The highest BCUT2D eigenvalue weighted by atomic mass is 16.5. The molecule has 0 saturated carbocycles. The third-order valence-corrected chi connectivity index (χ3v) is 3.97. The first-order chi connectivity index (χ1) is 10.7. The van der Waals surface area contributed by atoms with Crippen molar-refractivity contribution in [1.82, 2.24) is 9.88 Å². The molecule has 0 atom stereocenters. The number of carbonyl (C=O) groups is 3. The highest BCUT2D eigenvalue weighted by Gasteiger charge is 2.45. The van der Waals surface area contributed by atoms with Gasteiger partial charge in [0.05, 0.1) is 18.4 Å². The molecule has 1 fully saturated rings. The molecule has 0 unspecified atom stereocenters. The minimum absolute atomic E-state index is 0.188. The van der Waals surface area contributed by atoms with E-state index in [0.717, 1.165) is 4.90 Å². The van der Waals surface area contributed by atoms with E-state index in [4.69, 9.17) is 0 Å². The zero-order valence-electron chi connectivity index (χ0n) is 13.5. The van der Waals surface area contributed by atoms with Crippen molar-refractivity contribution in [2.24, 2.45) is 0 Å². The van der Waals surface area contributed by atoms with Crippen molar-refractivity contribution in [1.29, 1.82) is 0 Å². The SMILES string of the molecule is COC(=O)c1ccc(N2CCN(C(=O)O)C(C)(C)C2=O)nc1C. The third kappa shape index (κ3) is 2.84. The highest BCUT2D eigenvalue weighted by Crippen LogP contribution is 2.26. The van der Waals surface area contributed by atoms with Crippen molar-refractivity contribution in [2.75, 3.05) is 25.1 Å². The van der Waals surface area contributed by atoms with Gasteiger partial charge in [-0.25, -0.2) is 14.6 Å². The van der Waals surface area contributed by atoms with Crippen molar-refractivity contribution in [3.63, 3.8) is 0 Å². The van der Waals surface area contributed by atoms with Crippen LogP contribution in [0.5, 0.6) is 0 Å². The summed E-state index contributed by atoms with van der Waals surface area (Å²) in [4.78, 5) is 42.3. The van der Waals surface area contributed by atoms with E-state index in [0.29, 0.717) is 17.1 Å². The molecule has 8 nitrogen and oxygen atoms in total. The van der Waals surface area contributed by atoms with Crippen LogP contribution in [0.1, 0.15) is 29.9 Å². The Labute approximate surface area is 133 Å². The second kappa shape index (κ2) is 5.86. The van der Waals surface area contributed by atoms with E-state index >= 15 is 0 Å². The van der Waals surface area contributed by atoms with Gasteiger partial charge in [-0.05, 0) is 32.9 Å². The molecule has 8 heteroatoms. The van der Waals surface area contributed by atoms with Gasteiger partial charge in [-0.2, -0.15) is 0 Å². The summed E-state index contributed by atoms with van der Waals surface area (Å²) in [6.45, 7) is 5.17. The summed E-state index contributed by atoms with van der Waals surface area (Å²) in [5.74, 6) is -0.467. The Hall–Kier alpha value is -2.64. The molecule has 2 heterocycles. The third-order valence-electron chi connectivity index (χ3n) is 3.97. The van der Waals surface area contributed by atoms with Gasteiger partial charge in [0.15, 0.2) is 0 Å². The van der Waals surface area contributed by atoms with Crippen LogP contribution in [0.25, 0.3) is 0 Å². The minimum Gasteiger partial charge on any atom is -0.465 e. The Morgan fingerprint density at radius 1 is 1.30 bits per heavy atom. The second-order valence-corrected chi connectivity index (χ2v) is 5.74. The smallest absolute Gasteiger partial charge is 0.408 e. The van der Waals surface area contributed by atoms with Gasteiger partial charge >= 0.3 is 12.1 Å². The quantitative estimate of drug-likeness (QED) is 0.824. The molecule has 23 heavy (non-hydrogen) atoms. The number of hydrogen-bond donors (Lipinski definition) is 1. The summed E-state index contributed by atoms with van der Waals surface area (Å²) in [5, 5.41) is 9.21. The van der Waals surface area contributed by atoms with Crippen LogP contribution >= 0.6 is 0 Å². The highest BCUT2D eigenvalue weighted by molar-refractivity contribution is 6.02. The summed E-state index contributed by atoms with van der Waals surface area (Å²) < 4.78 is 4.67. The number of pyridine rings is 1. The standard InChI is InChI=1S/C15H19N3O5/c1-9-10(12(19)23-4)5-6-11(16-9)17-7-8-18(14(21)22)15(2,3)13(17)20/h5-6H,7-8H2,1-4H3,(H,21,22). The molecule has 1 saturated heterocycles. The molecule has 0 aliphatic carbocycles. The van der Waals surface area contributed by atoms with Crippen molar-refractivity contribution < 1.29 is 24.2 Å². The molecule has 1 aliphatic rings. The molecule has 124 valence electrons. The van der Waals surface area contributed by atoms with Crippen LogP contribution in [-0.2, 0) is 9.53 Å². The van der Waals surface area contributed by atoms with Crippen LogP contribution in [0.3, 0.4) is 0 Å². The number of methoxy groups -OCH3 is 1. The van der Waals surface area contributed by atoms with Crippen LogP contribution in [-0.4, -0.2) is 58.7 Å². The van der Waals surface area contributed by atoms with Crippen LogP contribution in [0.2, 0.25) is 0 Å². The number of nitrogens with zero attached hydrogens (tertiary/aromatic N) is 3. The molecule has 1 aliphatic heterocycles. The van der Waals surface area contributed by atoms with E-state index in [1.54, 1.807) is 32.9 Å². The van der Waals surface area contributed by atoms with Gasteiger partial charge in [-0.1, -0.05) is 0 Å². The Morgan fingerprint density at radius 3 is 2.48 bits per heavy atom. The first kappa shape index (κ1) is 16.7. The van der Waals surface area contributed by atoms with Crippen LogP contribution in [0.4, 0.5) is 10.6 Å². The number of amides is 2. The van der Waals surface area contributed by atoms with Gasteiger partial charge < -0.3 is 9.84 Å². The number of piperazine rings is 1. The Kier molecular flexibility index (Phi) is 4.26. The summed E-state index contributed by atoms with van der Waals surface area (Å²) in [6, 6.07) is 3.11. The molecule has 1 N–H and O–H groups in total. The second-order valence-electron chi connectivity index (χ2n) is 5.74. The number of esters is 1.